The van der Waals surface area contributed by atoms with Gasteiger partial charge in [-0.05, 0) is 42.5 Å². The second kappa shape index (κ2) is 8.46. The maximum absolute atomic E-state index is 13.1. The van der Waals surface area contributed by atoms with Crippen LogP contribution < -0.4 is 10.2 Å². The van der Waals surface area contributed by atoms with E-state index >= 15 is 0 Å². The van der Waals surface area contributed by atoms with Crippen LogP contribution in [0.1, 0.15) is 20.8 Å². The lowest BCUT2D eigenvalue weighted by Gasteiger charge is -2.23. The van der Waals surface area contributed by atoms with Crippen molar-refractivity contribution in [2.45, 2.75) is 9.79 Å². The zero-order chi connectivity index (χ0) is 20.2. The van der Waals surface area contributed by atoms with E-state index in [2.05, 4.69) is 10.3 Å². The van der Waals surface area contributed by atoms with Crippen molar-refractivity contribution in [3.8, 4) is 0 Å². The van der Waals surface area contributed by atoms with Crippen molar-refractivity contribution in [3.63, 3.8) is 0 Å². The number of hydrogen-bond donors (Lipinski definition) is 1. The van der Waals surface area contributed by atoms with Crippen molar-refractivity contribution in [2.24, 2.45) is 0 Å². The summed E-state index contributed by atoms with van der Waals surface area (Å²) in [5.41, 5.74) is 2.44. The Morgan fingerprint density at radius 2 is 1.93 bits per heavy atom. The van der Waals surface area contributed by atoms with Crippen molar-refractivity contribution >= 4 is 35.0 Å². The number of nitrogens with one attached hydrogen (secondary N) is 1. The molecule has 4 rings (SSSR count). The number of aromatic nitrogens is 1. The molecule has 2 aromatic carbocycles. The second-order valence-corrected chi connectivity index (χ2v) is 7.48. The fourth-order valence-corrected chi connectivity index (χ4v) is 4.22. The van der Waals surface area contributed by atoms with Crippen molar-refractivity contribution in [1.82, 2.24) is 4.98 Å². The van der Waals surface area contributed by atoms with Gasteiger partial charge in [-0.25, -0.2) is 0 Å². The molecule has 0 atom stereocenters. The van der Waals surface area contributed by atoms with Crippen molar-refractivity contribution in [1.29, 1.82) is 0 Å². The molecule has 1 aliphatic rings. The molecular formula is C22H19N3O3S. The minimum absolute atomic E-state index is 0.0610. The number of fused-ring (bicyclic) bond motifs is 2. The highest BCUT2D eigenvalue weighted by Crippen LogP contribution is 2.42. The molecule has 0 bridgehead atoms. The van der Waals surface area contributed by atoms with Gasteiger partial charge in [-0.2, -0.15) is 0 Å². The molecule has 0 unspecified atom stereocenters. The summed E-state index contributed by atoms with van der Waals surface area (Å²) >= 11 is 1.51. The Labute approximate surface area is 172 Å². The van der Waals surface area contributed by atoms with Crippen LogP contribution in [-0.4, -0.2) is 37.1 Å². The Kier molecular flexibility index (Phi) is 5.59. The normalized spacial score (nSPS) is 12.7. The predicted molar refractivity (Wildman–Crippen MR) is 113 cm³/mol. The zero-order valence-corrected chi connectivity index (χ0v) is 16.6. The van der Waals surface area contributed by atoms with Crippen molar-refractivity contribution in [2.75, 3.05) is 30.5 Å². The van der Waals surface area contributed by atoms with Crippen LogP contribution in [0.5, 0.6) is 0 Å². The van der Waals surface area contributed by atoms with Crippen molar-refractivity contribution in [3.05, 3.63) is 78.1 Å². The number of carbonyl (C=O) groups is 2. The third kappa shape index (κ3) is 4.01. The quantitative estimate of drug-likeness (QED) is 0.692. The number of methoxy groups -OCH3 is 1. The number of rotatable bonds is 5. The highest BCUT2D eigenvalue weighted by Gasteiger charge is 2.27. The van der Waals surface area contributed by atoms with Crippen LogP contribution in [0.2, 0.25) is 0 Å². The smallest absolute Gasteiger partial charge is 0.274 e. The molecule has 146 valence electrons. The van der Waals surface area contributed by atoms with Crippen LogP contribution >= 0.6 is 11.8 Å². The van der Waals surface area contributed by atoms with Crippen molar-refractivity contribution < 1.29 is 14.3 Å². The molecule has 6 nitrogen and oxygen atoms in total. The topological polar surface area (TPSA) is 71.5 Å². The third-order valence-electron chi connectivity index (χ3n) is 4.51. The standard InChI is InChI=1S/C22H19N3O3S/c1-28-13-12-25-18-10-9-15(24-21(26)17-7-4-5-11-23-17)14-20(18)29-19-8-3-2-6-16(19)22(25)27/h2-11,14H,12-13H2,1H3,(H,24,26). The van der Waals surface area contributed by atoms with Gasteiger partial charge in [0.2, 0.25) is 0 Å². The Hall–Kier alpha value is -3.16. The fraction of sp³-hybridized carbons (Fsp3) is 0.136. The Balaban J connectivity index is 1.69. The summed E-state index contributed by atoms with van der Waals surface area (Å²) in [6.45, 7) is 0.868. The van der Waals surface area contributed by atoms with E-state index in [1.807, 2.05) is 36.4 Å². The predicted octanol–water partition coefficient (Wildman–Crippen LogP) is 4.09. The number of benzene rings is 2. The highest BCUT2D eigenvalue weighted by atomic mass is 32.2. The number of ether oxygens (including phenoxy) is 1. The molecule has 0 aliphatic carbocycles. The van der Waals surface area contributed by atoms with Gasteiger partial charge in [0, 0.05) is 35.3 Å². The molecule has 3 aromatic rings. The Morgan fingerprint density at radius 3 is 2.72 bits per heavy atom. The van der Waals surface area contributed by atoms with Crippen LogP contribution in [0.25, 0.3) is 0 Å². The van der Waals surface area contributed by atoms with Gasteiger partial charge in [0.1, 0.15) is 5.69 Å². The summed E-state index contributed by atoms with van der Waals surface area (Å²) in [5, 5.41) is 2.88. The zero-order valence-electron chi connectivity index (χ0n) is 15.8. The van der Waals surface area contributed by atoms with Gasteiger partial charge in [-0.15, -0.1) is 0 Å². The van der Waals surface area contributed by atoms with E-state index in [9.17, 15) is 9.59 Å². The van der Waals surface area contributed by atoms with Crippen LogP contribution in [0.3, 0.4) is 0 Å². The molecule has 0 saturated heterocycles. The number of anilines is 2. The maximum Gasteiger partial charge on any atom is 0.274 e. The molecule has 1 N–H and O–H groups in total. The lowest BCUT2D eigenvalue weighted by molar-refractivity contribution is 0.0971. The average Bonchev–Trinajstić information content (AvgIpc) is 2.87. The van der Waals surface area contributed by atoms with Gasteiger partial charge in [0.15, 0.2) is 0 Å². The number of pyridine rings is 1. The fourth-order valence-electron chi connectivity index (χ4n) is 3.10. The van der Waals surface area contributed by atoms with E-state index in [1.165, 1.54) is 11.8 Å². The van der Waals surface area contributed by atoms with Crippen LogP contribution in [0.4, 0.5) is 11.4 Å². The SMILES string of the molecule is COCCN1C(=O)c2ccccc2Sc2cc(NC(=O)c3ccccn3)ccc21. The van der Waals surface area contributed by atoms with E-state index < -0.39 is 0 Å². The molecule has 7 heteroatoms. The summed E-state index contributed by atoms with van der Waals surface area (Å²) in [5.74, 6) is -0.342. The lowest BCUT2D eigenvalue weighted by Crippen LogP contribution is -2.33. The van der Waals surface area contributed by atoms with Gasteiger partial charge in [-0.3, -0.25) is 14.6 Å². The molecule has 2 amide bonds. The summed E-state index contributed by atoms with van der Waals surface area (Å²) in [4.78, 5) is 33.1. The van der Waals surface area contributed by atoms with E-state index in [1.54, 1.807) is 42.5 Å². The van der Waals surface area contributed by atoms with E-state index in [0.717, 1.165) is 15.5 Å². The molecule has 1 aliphatic heterocycles. The minimum Gasteiger partial charge on any atom is -0.383 e. The van der Waals surface area contributed by atoms with E-state index in [-0.39, 0.29) is 11.8 Å². The Morgan fingerprint density at radius 1 is 1.10 bits per heavy atom. The summed E-state index contributed by atoms with van der Waals surface area (Å²) in [7, 11) is 1.61. The first kappa shape index (κ1) is 19.2. The van der Waals surface area contributed by atoms with Crippen LogP contribution in [0.15, 0.2) is 76.7 Å². The Bertz CT molecular complexity index is 1060. The van der Waals surface area contributed by atoms with Gasteiger partial charge in [-0.1, -0.05) is 30.0 Å². The van der Waals surface area contributed by atoms with E-state index in [4.69, 9.17) is 4.74 Å². The number of nitrogens with zero attached hydrogens (tertiary/aromatic N) is 2. The highest BCUT2D eigenvalue weighted by molar-refractivity contribution is 7.99. The molecule has 0 saturated carbocycles. The molecule has 2 heterocycles. The third-order valence-corrected chi connectivity index (χ3v) is 5.63. The average molecular weight is 405 g/mol. The molecule has 29 heavy (non-hydrogen) atoms. The summed E-state index contributed by atoms with van der Waals surface area (Å²) in [6.07, 6.45) is 1.58. The summed E-state index contributed by atoms with van der Waals surface area (Å²) in [6, 6.07) is 18.3. The number of amides is 2. The first-order chi connectivity index (χ1) is 14.2. The number of hydrogen-bond acceptors (Lipinski definition) is 5. The minimum atomic E-state index is -0.281. The second-order valence-electron chi connectivity index (χ2n) is 6.40. The van der Waals surface area contributed by atoms with Gasteiger partial charge >= 0.3 is 0 Å². The first-order valence-corrected chi connectivity index (χ1v) is 9.93. The first-order valence-electron chi connectivity index (χ1n) is 9.11. The monoisotopic (exact) mass is 405 g/mol. The van der Waals surface area contributed by atoms with Gasteiger partial charge < -0.3 is 15.0 Å². The molecule has 1 aromatic heterocycles. The van der Waals surface area contributed by atoms with Crippen LogP contribution in [-0.2, 0) is 4.74 Å². The molecule has 0 fully saturated rings. The van der Waals surface area contributed by atoms with Crippen LogP contribution in [0, 0.1) is 0 Å². The largest absolute Gasteiger partial charge is 0.383 e. The summed E-state index contributed by atoms with van der Waals surface area (Å²) < 4.78 is 5.20. The van der Waals surface area contributed by atoms with Gasteiger partial charge in [0.05, 0.1) is 17.9 Å². The molecular weight excluding hydrogens is 386 g/mol. The molecule has 0 radical (unpaired) electrons. The van der Waals surface area contributed by atoms with E-state index in [0.29, 0.717) is 30.1 Å². The molecule has 0 spiro atoms. The maximum atomic E-state index is 13.1. The van der Waals surface area contributed by atoms with Gasteiger partial charge in [0.25, 0.3) is 11.8 Å². The lowest BCUT2D eigenvalue weighted by atomic mass is 10.1. The number of carbonyl (C=O) groups excluding carboxylic acids is 2.